The second-order valence-electron chi connectivity index (χ2n) is 3.87. The third-order valence-electron chi connectivity index (χ3n) is 2.71. The van der Waals surface area contributed by atoms with E-state index in [0.29, 0.717) is 13.0 Å². The van der Waals surface area contributed by atoms with E-state index < -0.39 is 5.97 Å². The molecular weight excluding hydrogens is 284 g/mol. The number of aryl methyl sites for hydroxylation is 1. The highest BCUT2D eigenvalue weighted by Gasteiger charge is 2.16. The van der Waals surface area contributed by atoms with Crippen molar-refractivity contribution in [2.45, 2.75) is 12.8 Å². The van der Waals surface area contributed by atoms with Crippen LogP contribution in [0.25, 0.3) is 10.9 Å². The minimum absolute atomic E-state index is 0.270. The number of nitrogens with one attached hydrogen (secondary N) is 1. The van der Waals surface area contributed by atoms with Crippen molar-refractivity contribution in [1.29, 1.82) is 0 Å². The zero-order valence-electron chi connectivity index (χ0n) is 9.16. The molecule has 90 valence electrons. The quantitative estimate of drug-likeness (QED) is 0.811. The highest BCUT2D eigenvalue weighted by atomic mass is 79.9. The molecule has 0 unspecified atom stereocenters. The SMILES string of the molecule is NCCCc1c(C(=O)O)[nH]c2ccc(Br)cc12. The Hall–Kier alpha value is -1.33. The van der Waals surface area contributed by atoms with Crippen molar-refractivity contribution in [3.8, 4) is 0 Å². The standard InChI is InChI=1S/C12H13BrN2O2/c13-7-3-4-10-9(6-7)8(2-1-5-14)11(15-10)12(16)17/h3-4,6,15H,1-2,5,14H2,(H,16,17). The summed E-state index contributed by atoms with van der Waals surface area (Å²) in [6.07, 6.45) is 1.45. The van der Waals surface area contributed by atoms with E-state index >= 15 is 0 Å². The first-order chi connectivity index (χ1) is 8.13. The van der Waals surface area contributed by atoms with Crippen LogP contribution in [-0.4, -0.2) is 22.6 Å². The second-order valence-corrected chi connectivity index (χ2v) is 4.78. The molecule has 0 aliphatic carbocycles. The lowest BCUT2D eigenvalue weighted by molar-refractivity contribution is 0.0690. The molecule has 0 saturated heterocycles. The fourth-order valence-electron chi connectivity index (χ4n) is 1.94. The molecule has 5 heteroatoms. The van der Waals surface area contributed by atoms with Gasteiger partial charge in [-0.2, -0.15) is 0 Å². The number of carboxylic acid groups (broad SMARTS) is 1. The maximum atomic E-state index is 11.2. The number of hydrogen-bond acceptors (Lipinski definition) is 2. The van der Waals surface area contributed by atoms with Crippen LogP contribution in [0, 0.1) is 0 Å². The van der Waals surface area contributed by atoms with Crippen molar-refractivity contribution in [2.24, 2.45) is 5.73 Å². The molecule has 0 amide bonds. The van der Waals surface area contributed by atoms with E-state index in [1.165, 1.54) is 0 Å². The third kappa shape index (κ3) is 2.35. The number of aromatic amines is 1. The zero-order valence-corrected chi connectivity index (χ0v) is 10.8. The molecule has 4 N–H and O–H groups in total. The Morgan fingerprint density at radius 1 is 1.47 bits per heavy atom. The summed E-state index contributed by atoms with van der Waals surface area (Å²) in [4.78, 5) is 14.1. The van der Waals surface area contributed by atoms with E-state index in [1.54, 1.807) is 0 Å². The van der Waals surface area contributed by atoms with Gasteiger partial charge < -0.3 is 15.8 Å². The highest BCUT2D eigenvalue weighted by molar-refractivity contribution is 9.10. The topological polar surface area (TPSA) is 79.1 Å². The van der Waals surface area contributed by atoms with Gasteiger partial charge in [-0.15, -0.1) is 0 Å². The summed E-state index contributed by atoms with van der Waals surface area (Å²) >= 11 is 3.40. The number of hydrogen-bond donors (Lipinski definition) is 3. The summed E-state index contributed by atoms with van der Waals surface area (Å²) in [5.74, 6) is -0.927. The molecule has 0 aliphatic heterocycles. The van der Waals surface area contributed by atoms with E-state index in [0.717, 1.165) is 27.4 Å². The third-order valence-corrected chi connectivity index (χ3v) is 3.21. The lowest BCUT2D eigenvalue weighted by Crippen LogP contribution is -2.05. The molecule has 2 rings (SSSR count). The Morgan fingerprint density at radius 3 is 2.88 bits per heavy atom. The predicted octanol–water partition coefficient (Wildman–Crippen LogP) is 2.52. The van der Waals surface area contributed by atoms with Gasteiger partial charge in [-0.3, -0.25) is 0 Å². The predicted molar refractivity (Wildman–Crippen MR) is 70.3 cm³/mol. The molecular formula is C12H13BrN2O2. The second kappa shape index (κ2) is 4.89. The summed E-state index contributed by atoms with van der Waals surface area (Å²) in [6.45, 7) is 0.555. The van der Waals surface area contributed by atoms with Crippen LogP contribution in [0.3, 0.4) is 0 Å². The zero-order chi connectivity index (χ0) is 12.4. The van der Waals surface area contributed by atoms with Gasteiger partial charge in [-0.1, -0.05) is 15.9 Å². The largest absolute Gasteiger partial charge is 0.477 e. The van der Waals surface area contributed by atoms with Crippen LogP contribution in [0.4, 0.5) is 0 Å². The maximum Gasteiger partial charge on any atom is 0.352 e. The molecule has 0 fully saturated rings. The Kier molecular flexibility index (Phi) is 3.49. The molecule has 1 heterocycles. The average molecular weight is 297 g/mol. The van der Waals surface area contributed by atoms with Gasteiger partial charge in [0.1, 0.15) is 5.69 Å². The molecule has 0 radical (unpaired) electrons. The van der Waals surface area contributed by atoms with Gasteiger partial charge in [0, 0.05) is 15.4 Å². The molecule has 0 spiro atoms. The molecule has 2 aromatic rings. The van der Waals surface area contributed by atoms with Crippen molar-refractivity contribution < 1.29 is 9.90 Å². The average Bonchev–Trinajstić information content (AvgIpc) is 2.64. The van der Waals surface area contributed by atoms with Crippen molar-refractivity contribution in [2.75, 3.05) is 6.54 Å². The highest BCUT2D eigenvalue weighted by Crippen LogP contribution is 2.26. The van der Waals surface area contributed by atoms with Crippen LogP contribution < -0.4 is 5.73 Å². The fraction of sp³-hybridized carbons (Fsp3) is 0.250. The first-order valence-corrected chi connectivity index (χ1v) is 6.16. The van der Waals surface area contributed by atoms with Crippen LogP contribution in [0.1, 0.15) is 22.5 Å². The number of aromatic carboxylic acids is 1. The van der Waals surface area contributed by atoms with Gasteiger partial charge >= 0.3 is 5.97 Å². The normalized spacial score (nSPS) is 10.9. The van der Waals surface area contributed by atoms with Gasteiger partial charge in [-0.25, -0.2) is 4.79 Å². The van der Waals surface area contributed by atoms with E-state index in [1.807, 2.05) is 18.2 Å². The molecule has 1 aromatic carbocycles. The maximum absolute atomic E-state index is 11.2. The van der Waals surface area contributed by atoms with E-state index in [-0.39, 0.29) is 5.69 Å². The first-order valence-electron chi connectivity index (χ1n) is 5.37. The van der Waals surface area contributed by atoms with E-state index in [4.69, 9.17) is 10.8 Å². The lowest BCUT2D eigenvalue weighted by Gasteiger charge is -2.00. The number of rotatable bonds is 4. The molecule has 1 aromatic heterocycles. The molecule has 4 nitrogen and oxygen atoms in total. The van der Waals surface area contributed by atoms with Gasteiger partial charge in [0.05, 0.1) is 0 Å². The van der Waals surface area contributed by atoms with Crippen LogP contribution in [0.15, 0.2) is 22.7 Å². The summed E-state index contributed by atoms with van der Waals surface area (Å²) in [7, 11) is 0. The minimum Gasteiger partial charge on any atom is -0.477 e. The number of carbonyl (C=O) groups is 1. The molecule has 0 bridgehead atoms. The Morgan fingerprint density at radius 2 is 2.24 bits per heavy atom. The van der Waals surface area contributed by atoms with Gasteiger partial charge in [0.25, 0.3) is 0 Å². The van der Waals surface area contributed by atoms with Crippen LogP contribution in [0.5, 0.6) is 0 Å². The monoisotopic (exact) mass is 296 g/mol. The minimum atomic E-state index is -0.927. The van der Waals surface area contributed by atoms with Gasteiger partial charge in [0.15, 0.2) is 0 Å². The molecule has 0 aliphatic rings. The number of H-pyrrole nitrogens is 1. The molecule has 0 atom stereocenters. The number of fused-ring (bicyclic) bond motifs is 1. The first kappa shape index (κ1) is 12.1. The Bertz CT molecular complexity index is 563. The van der Waals surface area contributed by atoms with Crippen molar-refractivity contribution >= 4 is 32.8 Å². The number of nitrogens with two attached hydrogens (primary N) is 1. The van der Waals surface area contributed by atoms with E-state index in [2.05, 4.69) is 20.9 Å². The Balaban J connectivity index is 2.60. The van der Waals surface area contributed by atoms with Crippen molar-refractivity contribution in [3.05, 3.63) is 33.9 Å². The molecule has 0 saturated carbocycles. The Labute approximate surface area is 107 Å². The number of halogens is 1. The summed E-state index contributed by atoms with van der Waals surface area (Å²) in [5.41, 5.74) is 7.43. The van der Waals surface area contributed by atoms with Crippen LogP contribution in [-0.2, 0) is 6.42 Å². The van der Waals surface area contributed by atoms with Gasteiger partial charge in [-0.05, 0) is 43.1 Å². The summed E-state index contributed by atoms with van der Waals surface area (Å²) in [5, 5.41) is 10.1. The van der Waals surface area contributed by atoms with Crippen LogP contribution in [0.2, 0.25) is 0 Å². The van der Waals surface area contributed by atoms with Crippen molar-refractivity contribution in [1.82, 2.24) is 4.98 Å². The number of aromatic nitrogens is 1. The van der Waals surface area contributed by atoms with Crippen LogP contribution >= 0.6 is 15.9 Å². The number of benzene rings is 1. The van der Waals surface area contributed by atoms with E-state index in [9.17, 15) is 4.79 Å². The smallest absolute Gasteiger partial charge is 0.352 e. The number of carboxylic acids is 1. The molecule has 17 heavy (non-hydrogen) atoms. The lowest BCUT2D eigenvalue weighted by atomic mass is 10.1. The fourth-order valence-corrected chi connectivity index (χ4v) is 2.30. The summed E-state index contributed by atoms with van der Waals surface area (Å²) in [6, 6.07) is 5.69. The van der Waals surface area contributed by atoms with Crippen molar-refractivity contribution in [3.63, 3.8) is 0 Å². The summed E-state index contributed by atoms with van der Waals surface area (Å²) < 4.78 is 0.940. The van der Waals surface area contributed by atoms with Gasteiger partial charge in [0.2, 0.25) is 0 Å².